The van der Waals surface area contributed by atoms with Crippen LogP contribution < -0.4 is 5.32 Å². The molecule has 1 aliphatic heterocycles. The van der Waals surface area contributed by atoms with Gasteiger partial charge in [-0.05, 0) is 41.7 Å². The van der Waals surface area contributed by atoms with Gasteiger partial charge in [0.15, 0.2) is 0 Å². The van der Waals surface area contributed by atoms with Crippen molar-refractivity contribution in [1.29, 1.82) is 0 Å². The van der Waals surface area contributed by atoms with Gasteiger partial charge in [0.25, 0.3) is 0 Å². The minimum Gasteiger partial charge on any atom is -0.338 e. The minimum absolute atomic E-state index is 0.0678. The molecule has 0 bridgehead atoms. The molecule has 1 aliphatic rings. The van der Waals surface area contributed by atoms with Crippen LogP contribution in [-0.4, -0.2) is 50.1 Å². The highest BCUT2D eigenvalue weighted by atomic mass is 32.2. The molecule has 7 nitrogen and oxygen atoms in total. The first-order chi connectivity index (χ1) is 14.7. The molecule has 1 heterocycles. The van der Waals surface area contributed by atoms with Crippen molar-refractivity contribution in [2.45, 2.75) is 38.0 Å². The lowest BCUT2D eigenvalue weighted by atomic mass is 9.99. The molecule has 0 radical (unpaired) electrons. The zero-order chi connectivity index (χ0) is 22.4. The summed E-state index contributed by atoms with van der Waals surface area (Å²) in [7, 11) is -0.389. The summed E-state index contributed by atoms with van der Waals surface area (Å²) in [6.45, 7) is 1.34. The Labute approximate surface area is 184 Å². The van der Waals surface area contributed by atoms with E-state index in [9.17, 15) is 18.0 Å². The smallest absolute Gasteiger partial charge is 0.224 e. The molecule has 0 unspecified atom stereocenters. The van der Waals surface area contributed by atoms with E-state index in [2.05, 4.69) is 17.4 Å². The van der Waals surface area contributed by atoms with E-state index in [1.807, 2.05) is 17.0 Å². The number of benzene rings is 2. The molecule has 3 rings (SSSR count). The number of fused-ring (bicyclic) bond motifs is 1. The Morgan fingerprint density at radius 2 is 1.77 bits per heavy atom. The maximum atomic E-state index is 12.5. The van der Waals surface area contributed by atoms with Crippen LogP contribution in [0.25, 0.3) is 0 Å². The summed E-state index contributed by atoms with van der Waals surface area (Å²) in [4.78, 5) is 26.6. The minimum atomic E-state index is -3.37. The average molecular weight is 444 g/mol. The molecule has 166 valence electrons. The van der Waals surface area contributed by atoms with Crippen molar-refractivity contribution in [3.63, 3.8) is 0 Å². The molecule has 0 saturated heterocycles. The molecule has 0 saturated carbocycles. The third-order valence-corrected chi connectivity index (χ3v) is 7.20. The number of anilines is 1. The first kappa shape index (κ1) is 23.0. The van der Waals surface area contributed by atoms with Crippen LogP contribution >= 0.6 is 0 Å². The normalized spacial score (nSPS) is 13.7. The second-order valence-electron chi connectivity index (χ2n) is 7.97. The Morgan fingerprint density at radius 1 is 1.03 bits per heavy atom. The molecule has 2 aromatic carbocycles. The number of carbonyl (C=O) groups excluding carboxylic acids is 2. The highest BCUT2D eigenvalue weighted by Gasteiger charge is 2.20. The number of nitrogens with zero attached hydrogens (tertiary/aromatic N) is 2. The van der Waals surface area contributed by atoms with Crippen LogP contribution in [0.4, 0.5) is 5.69 Å². The first-order valence-electron chi connectivity index (χ1n) is 10.4. The van der Waals surface area contributed by atoms with Gasteiger partial charge < -0.3 is 10.2 Å². The van der Waals surface area contributed by atoms with E-state index in [4.69, 9.17) is 0 Å². The predicted octanol–water partition coefficient (Wildman–Crippen LogP) is 2.77. The van der Waals surface area contributed by atoms with Crippen molar-refractivity contribution >= 4 is 27.5 Å². The van der Waals surface area contributed by atoms with Crippen molar-refractivity contribution in [1.82, 2.24) is 9.21 Å². The van der Waals surface area contributed by atoms with Gasteiger partial charge in [0, 0.05) is 45.7 Å². The van der Waals surface area contributed by atoms with Gasteiger partial charge in [0.1, 0.15) is 0 Å². The molecule has 2 aromatic rings. The molecule has 2 amide bonds. The molecule has 8 heteroatoms. The predicted molar refractivity (Wildman–Crippen MR) is 121 cm³/mol. The molecule has 0 spiro atoms. The van der Waals surface area contributed by atoms with Crippen LogP contribution in [0.1, 0.15) is 36.0 Å². The number of carbonyl (C=O) groups is 2. The third-order valence-electron chi connectivity index (χ3n) is 5.39. The van der Waals surface area contributed by atoms with Crippen LogP contribution in [0.5, 0.6) is 0 Å². The van der Waals surface area contributed by atoms with Crippen molar-refractivity contribution in [3.05, 3.63) is 65.2 Å². The highest BCUT2D eigenvalue weighted by molar-refractivity contribution is 7.88. The summed E-state index contributed by atoms with van der Waals surface area (Å²) in [6, 6.07) is 15.0. The van der Waals surface area contributed by atoms with Gasteiger partial charge in [-0.1, -0.05) is 36.4 Å². The summed E-state index contributed by atoms with van der Waals surface area (Å²) >= 11 is 0. The van der Waals surface area contributed by atoms with E-state index < -0.39 is 10.0 Å². The summed E-state index contributed by atoms with van der Waals surface area (Å²) in [5.74, 6) is -0.250. The Kier molecular flexibility index (Phi) is 7.46. The van der Waals surface area contributed by atoms with Gasteiger partial charge >= 0.3 is 0 Å². The lowest BCUT2D eigenvalue weighted by Crippen LogP contribution is -2.35. The molecular formula is C23H29N3O4S. The lowest BCUT2D eigenvalue weighted by Gasteiger charge is -2.29. The van der Waals surface area contributed by atoms with Gasteiger partial charge in [0.2, 0.25) is 21.8 Å². The second kappa shape index (κ2) is 10.1. The van der Waals surface area contributed by atoms with Crippen molar-refractivity contribution in [3.8, 4) is 0 Å². The molecule has 0 atom stereocenters. The SMILES string of the molecule is CN(C)S(=O)(=O)Cc1cccc(NC(=O)CCCC(=O)N2CCc3ccccc3C2)c1. The van der Waals surface area contributed by atoms with E-state index in [0.29, 0.717) is 37.2 Å². The molecule has 1 N–H and O–H groups in total. The monoisotopic (exact) mass is 443 g/mol. The van der Waals surface area contributed by atoms with Crippen molar-refractivity contribution in [2.75, 3.05) is 26.0 Å². The van der Waals surface area contributed by atoms with Crippen molar-refractivity contribution < 1.29 is 18.0 Å². The fraction of sp³-hybridized carbons (Fsp3) is 0.391. The molecule has 0 aromatic heterocycles. The van der Waals surface area contributed by atoms with Gasteiger partial charge in [-0.15, -0.1) is 0 Å². The van der Waals surface area contributed by atoms with Gasteiger partial charge in [-0.3, -0.25) is 9.59 Å². The number of hydrogen-bond acceptors (Lipinski definition) is 4. The zero-order valence-electron chi connectivity index (χ0n) is 18.0. The number of rotatable bonds is 8. The third kappa shape index (κ3) is 6.38. The van der Waals surface area contributed by atoms with Crippen LogP contribution in [-0.2, 0) is 38.3 Å². The topological polar surface area (TPSA) is 86.8 Å². The summed E-state index contributed by atoms with van der Waals surface area (Å²) in [6.07, 6.45) is 1.90. The Morgan fingerprint density at radius 3 is 2.52 bits per heavy atom. The number of sulfonamides is 1. The van der Waals surface area contributed by atoms with Crippen LogP contribution in [0.3, 0.4) is 0 Å². The van der Waals surface area contributed by atoms with E-state index >= 15 is 0 Å². The van der Waals surface area contributed by atoms with Gasteiger partial charge in [-0.2, -0.15) is 0 Å². The summed E-state index contributed by atoms with van der Waals surface area (Å²) < 4.78 is 25.3. The zero-order valence-corrected chi connectivity index (χ0v) is 18.8. The number of nitrogens with one attached hydrogen (secondary N) is 1. The standard InChI is InChI=1S/C23H29N3O4S/c1-25(2)31(29,30)17-18-7-5-10-21(15-18)24-22(27)11-6-12-23(28)26-14-13-19-8-3-4-9-20(19)16-26/h3-5,7-10,15H,6,11-14,16-17H2,1-2H3,(H,24,27). The summed E-state index contributed by atoms with van der Waals surface area (Å²) in [5.41, 5.74) is 3.64. The van der Waals surface area contributed by atoms with Crippen LogP contribution in [0.2, 0.25) is 0 Å². The van der Waals surface area contributed by atoms with Gasteiger partial charge in [-0.25, -0.2) is 12.7 Å². The number of amides is 2. The van der Waals surface area contributed by atoms with Gasteiger partial charge in [0.05, 0.1) is 5.75 Å². The largest absolute Gasteiger partial charge is 0.338 e. The molecule has 0 fully saturated rings. The molecular weight excluding hydrogens is 414 g/mol. The summed E-state index contributed by atoms with van der Waals surface area (Å²) in [5, 5.41) is 2.79. The Bertz CT molecular complexity index is 1050. The van der Waals surface area contributed by atoms with Crippen LogP contribution in [0.15, 0.2) is 48.5 Å². The van der Waals surface area contributed by atoms with E-state index in [-0.39, 0.29) is 24.0 Å². The van der Waals surface area contributed by atoms with Crippen molar-refractivity contribution in [2.24, 2.45) is 0 Å². The van der Waals surface area contributed by atoms with E-state index in [1.165, 1.54) is 29.5 Å². The lowest BCUT2D eigenvalue weighted by molar-refractivity contribution is -0.132. The first-order valence-corrected chi connectivity index (χ1v) is 12.0. The average Bonchev–Trinajstić information content (AvgIpc) is 2.73. The Hall–Kier alpha value is -2.71. The maximum absolute atomic E-state index is 12.5. The molecule has 0 aliphatic carbocycles. The second-order valence-corrected chi connectivity index (χ2v) is 10.2. The quantitative estimate of drug-likeness (QED) is 0.680. The maximum Gasteiger partial charge on any atom is 0.224 e. The number of hydrogen-bond donors (Lipinski definition) is 1. The highest BCUT2D eigenvalue weighted by Crippen LogP contribution is 2.20. The fourth-order valence-electron chi connectivity index (χ4n) is 3.57. The van der Waals surface area contributed by atoms with E-state index in [1.54, 1.807) is 24.3 Å². The Balaban J connectivity index is 1.45. The van der Waals surface area contributed by atoms with E-state index in [0.717, 1.165) is 6.42 Å². The van der Waals surface area contributed by atoms with Crippen LogP contribution in [0, 0.1) is 0 Å². The molecule has 31 heavy (non-hydrogen) atoms. The fourth-order valence-corrected chi connectivity index (χ4v) is 4.43.